The van der Waals surface area contributed by atoms with Gasteiger partial charge in [0.15, 0.2) is 0 Å². The lowest BCUT2D eigenvalue weighted by Gasteiger charge is -2.31. The molecule has 2 aliphatic rings. The van der Waals surface area contributed by atoms with E-state index in [-0.39, 0.29) is 35.0 Å². The number of aromatic nitrogens is 1. The van der Waals surface area contributed by atoms with Gasteiger partial charge in [-0.1, -0.05) is 6.42 Å². The van der Waals surface area contributed by atoms with Gasteiger partial charge >= 0.3 is 5.97 Å². The number of nitrogens with zero attached hydrogens (tertiary/aromatic N) is 3. The molecule has 2 fully saturated rings. The minimum atomic E-state index is -3.73. The Morgan fingerprint density at radius 3 is 2.49 bits per heavy atom. The molecule has 0 spiro atoms. The molecule has 9 nitrogen and oxygen atoms in total. The first-order valence-electron chi connectivity index (χ1n) is 12.4. The quantitative estimate of drug-likeness (QED) is 0.561. The van der Waals surface area contributed by atoms with Crippen molar-refractivity contribution in [1.82, 2.24) is 13.8 Å². The Morgan fingerprint density at radius 1 is 1.06 bits per heavy atom. The maximum absolute atomic E-state index is 13.5. The van der Waals surface area contributed by atoms with Crippen LogP contribution in [0.5, 0.6) is 0 Å². The molecule has 0 N–H and O–H groups in total. The van der Waals surface area contributed by atoms with Gasteiger partial charge in [0.05, 0.1) is 22.9 Å². The zero-order chi connectivity index (χ0) is 25.2. The Bertz CT molecular complexity index is 1280. The van der Waals surface area contributed by atoms with Crippen LogP contribution in [-0.4, -0.2) is 66.9 Å². The van der Waals surface area contributed by atoms with Gasteiger partial charge in [0.2, 0.25) is 15.5 Å². The molecule has 0 radical (unpaired) electrons. The molecule has 2 saturated heterocycles. The molecule has 1 aromatic carbocycles. The van der Waals surface area contributed by atoms with Gasteiger partial charge in [-0.3, -0.25) is 14.4 Å². The standard InChI is InChI=1S/C25H33N3O6S/c1-3-26-17-21(24(30)27-12-8-9-18(16-27)25(31)34-4-2)23(29)20-15-19(10-11-22(20)26)35(32,33)28-13-6-5-7-14-28/h10-11,15,17-18H,3-9,12-14,16H2,1-2H3/t18-/m0/s1. The molecule has 0 aliphatic carbocycles. The van der Waals surface area contributed by atoms with Crippen molar-refractivity contribution in [2.24, 2.45) is 5.92 Å². The van der Waals surface area contributed by atoms with E-state index in [1.54, 1.807) is 23.8 Å². The average Bonchev–Trinajstić information content (AvgIpc) is 2.89. The largest absolute Gasteiger partial charge is 0.466 e. The van der Waals surface area contributed by atoms with Crippen LogP contribution in [0.15, 0.2) is 34.1 Å². The molecule has 0 unspecified atom stereocenters. The van der Waals surface area contributed by atoms with Crippen LogP contribution in [0.25, 0.3) is 10.9 Å². The fourth-order valence-electron chi connectivity index (χ4n) is 4.99. The smallest absolute Gasteiger partial charge is 0.310 e. The number of benzene rings is 1. The molecular formula is C25H33N3O6S. The summed E-state index contributed by atoms with van der Waals surface area (Å²) in [7, 11) is -3.73. The summed E-state index contributed by atoms with van der Waals surface area (Å²) < 4.78 is 34.8. The maximum atomic E-state index is 13.5. The Labute approximate surface area is 205 Å². The topological polar surface area (TPSA) is 106 Å². The van der Waals surface area contributed by atoms with Crippen LogP contribution >= 0.6 is 0 Å². The SMILES string of the molecule is CCOC(=O)[C@H]1CCCN(C(=O)c2cn(CC)c3ccc(S(=O)(=O)N4CCCCC4)cc3c2=O)C1. The second kappa shape index (κ2) is 10.5. The Hall–Kier alpha value is -2.72. The van der Waals surface area contributed by atoms with Crippen molar-refractivity contribution in [3.63, 3.8) is 0 Å². The molecular weight excluding hydrogens is 470 g/mol. The average molecular weight is 504 g/mol. The van der Waals surface area contributed by atoms with E-state index in [4.69, 9.17) is 4.74 Å². The number of amides is 1. The monoisotopic (exact) mass is 503 g/mol. The first-order valence-corrected chi connectivity index (χ1v) is 13.8. The minimum Gasteiger partial charge on any atom is -0.466 e. The summed E-state index contributed by atoms with van der Waals surface area (Å²) in [6.45, 7) is 5.99. The first-order chi connectivity index (χ1) is 16.8. The van der Waals surface area contributed by atoms with E-state index in [0.29, 0.717) is 44.5 Å². The van der Waals surface area contributed by atoms with Gasteiger partial charge in [-0.25, -0.2) is 8.42 Å². The van der Waals surface area contributed by atoms with Crippen molar-refractivity contribution < 1.29 is 22.7 Å². The van der Waals surface area contributed by atoms with Crippen molar-refractivity contribution in [3.8, 4) is 0 Å². The van der Waals surface area contributed by atoms with Crippen molar-refractivity contribution in [1.29, 1.82) is 0 Å². The summed E-state index contributed by atoms with van der Waals surface area (Å²) in [6.07, 6.45) is 5.46. The van der Waals surface area contributed by atoms with Gasteiger partial charge in [0, 0.05) is 44.3 Å². The fraction of sp³-hybridized carbons (Fsp3) is 0.560. The highest BCUT2D eigenvalue weighted by molar-refractivity contribution is 7.89. The van der Waals surface area contributed by atoms with Crippen LogP contribution in [0.4, 0.5) is 0 Å². The lowest BCUT2D eigenvalue weighted by molar-refractivity contribution is -0.149. The van der Waals surface area contributed by atoms with E-state index in [1.165, 1.54) is 21.3 Å². The summed E-state index contributed by atoms with van der Waals surface area (Å²) in [5.41, 5.74) is 0.0646. The normalized spacial score (nSPS) is 19.6. The molecule has 1 atom stereocenters. The molecule has 10 heteroatoms. The van der Waals surface area contributed by atoms with Crippen LogP contribution in [0.3, 0.4) is 0 Å². The summed E-state index contributed by atoms with van der Waals surface area (Å²) >= 11 is 0. The zero-order valence-corrected chi connectivity index (χ0v) is 21.2. The molecule has 35 heavy (non-hydrogen) atoms. The number of hydrogen-bond acceptors (Lipinski definition) is 6. The van der Waals surface area contributed by atoms with Gasteiger partial charge in [-0.15, -0.1) is 0 Å². The number of likely N-dealkylation sites (tertiary alicyclic amines) is 1. The van der Waals surface area contributed by atoms with Crippen LogP contribution < -0.4 is 5.43 Å². The fourth-order valence-corrected chi connectivity index (χ4v) is 6.53. The second-order valence-corrected chi connectivity index (χ2v) is 11.1. The molecule has 3 heterocycles. The zero-order valence-electron chi connectivity index (χ0n) is 20.4. The summed E-state index contributed by atoms with van der Waals surface area (Å²) in [6, 6.07) is 4.58. The van der Waals surface area contributed by atoms with E-state index in [2.05, 4.69) is 0 Å². The highest BCUT2D eigenvalue weighted by Gasteiger charge is 2.32. The van der Waals surface area contributed by atoms with Gasteiger partial charge in [-0.05, 0) is 57.7 Å². The van der Waals surface area contributed by atoms with E-state index in [0.717, 1.165) is 19.3 Å². The molecule has 1 amide bonds. The third kappa shape index (κ3) is 4.99. The summed E-state index contributed by atoms with van der Waals surface area (Å²) in [5.74, 6) is -1.19. The van der Waals surface area contributed by atoms with E-state index in [1.807, 2.05) is 6.92 Å². The number of ether oxygens (including phenoxy) is 1. The number of pyridine rings is 1. The van der Waals surface area contributed by atoms with Crippen molar-refractivity contribution in [2.45, 2.75) is 57.4 Å². The van der Waals surface area contributed by atoms with Crippen LogP contribution in [0, 0.1) is 5.92 Å². The lowest BCUT2D eigenvalue weighted by Crippen LogP contribution is -2.44. The molecule has 2 aromatic rings. The number of carbonyl (C=O) groups is 2. The van der Waals surface area contributed by atoms with Crippen LogP contribution in [0.1, 0.15) is 56.3 Å². The minimum absolute atomic E-state index is 0.0172. The third-order valence-corrected chi connectivity index (χ3v) is 8.80. The molecule has 2 aliphatic heterocycles. The van der Waals surface area contributed by atoms with Gasteiger partial charge < -0.3 is 14.2 Å². The van der Waals surface area contributed by atoms with E-state index >= 15 is 0 Å². The molecule has 0 saturated carbocycles. The maximum Gasteiger partial charge on any atom is 0.310 e. The van der Waals surface area contributed by atoms with Crippen LogP contribution in [-0.2, 0) is 26.1 Å². The van der Waals surface area contributed by atoms with Gasteiger partial charge in [0.25, 0.3) is 5.91 Å². The number of piperidine rings is 2. The number of rotatable bonds is 6. The number of aryl methyl sites for hydroxylation is 1. The molecule has 0 bridgehead atoms. The van der Waals surface area contributed by atoms with E-state index < -0.39 is 27.3 Å². The highest BCUT2D eigenvalue weighted by atomic mass is 32.2. The third-order valence-electron chi connectivity index (χ3n) is 6.90. The number of sulfonamides is 1. The number of fused-ring (bicyclic) bond motifs is 1. The highest BCUT2D eigenvalue weighted by Crippen LogP contribution is 2.25. The Balaban J connectivity index is 1.72. The summed E-state index contributed by atoms with van der Waals surface area (Å²) in [4.78, 5) is 40.7. The van der Waals surface area contributed by atoms with Crippen molar-refractivity contribution in [2.75, 3.05) is 32.8 Å². The predicted molar refractivity (Wildman–Crippen MR) is 132 cm³/mol. The molecule has 1 aromatic heterocycles. The summed E-state index contributed by atoms with van der Waals surface area (Å²) in [5, 5.41) is 0.203. The molecule has 190 valence electrons. The van der Waals surface area contributed by atoms with Crippen LogP contribution in [0.2, 0.25) is 0 Å². The first kappa shape index (κ1) is 25.4. The number of carbonyl (C=O) groups excluding carboxylic acids is 2. The predicted octanol–water partition coefficient (Wildman–Crippen LogP) is 2.61. The van der Waals surface area contributed by atoms with Gasteiger partial charge in [-0.2, -0.15) is 4.31 Å². The van der Waals surface area contributed by atoms with Gasteiger partial charge in [0.1, 0.15) is 5.56 Å². The Morgan fingerprint density at radius 2 is 1.80 bits per heavy atom. The van der Waals surface area contributed by atoms with E-state index in [9.17, 15) is 22.8 Å². The lowest BCUT2D eigenvalue weighted by atomic mass is 9.97. The number of esters is 1. The Kier molecular flexibility index (Phi) is 7.61. The molecule has 4 rings (SSSR count). The van der Waals surface area contributed by atoms with Crippen molar-refractivity contribution in [3.05, 3.63) is 40.2 Å². The number of hydrogen-bond donors (Lipinski definition) is 0. The van der Waals surface area contributed by atoms with Crippen molar-refractivity contribution >= 4 is 32.8 Å². The second-order valence-electron chi connectivity index (χ2n) is 9.14.